The van der Waals surface area contributed by atoms with Crippen molar-refractivity contribution in [2.24, 2.45) is 7.05 Å². The van der Waals surface area contributed by atoms with Crippen LogP contribution in [0.15, 0.2) is 18.2 Å². The van der Waals surface area contributed by atoms with Crippen LogP contribution in [0.4, 0.5) is 0 Å². The van der Waals surface area contributed by atoms with Gasteiger partial charge in [0.05, 0.1) is 17.6 Å². The minimum Gasteiger partial charge on any atom is -0.480 e. The highest BCUT2D eigenvalue weighted by Crippen LogP contribution is 2.17. The van der Waals surface area contributed by atoms with E-state index in [9.17, 15) is 4.79 Å². The van der Waals surface area contributed by atoms with E-state index in [2.05, 4.69) is 4.98 Å². The van der Waals surface area contributed by atoms with Crippen molar-refractivity contribution in [1.82, 2.24) is 14.5 Å². The third-order valence-electron chi connectivity index (χ3n) is 3.03. The fourth-order valence-electron chi connectivity index (χ4n) is 2.06. The van der Waals surface area contributed by atoms with Gasteiger partial charge in [-0.25, -0.2) is 4.98 Å². The molecule has 0 unspecified atom stereocenters. The molecule has 0 saturated heterocycles. The highest BCUT2D eigenvalue weighted by molar-refractivity contribution is 5.76. The predicted octanol–water partition coefficient (Wildman–Crippen LogP) is 1.40. The van der Waals surface area contributed by atoms with E-state index < -0.39 is 5.97 Å². The summed E-state index contributed by atoms with van der Waals surface area (Å²) >= 11 is 0. The number of carbonyl (C=O) groups is 1. The molecular weight excluding hydrogens is 230 g/mol. The third-order valence-corrected chi connectivity index (χ3v) is 3.03. The summed E-state index contributed by atoms with van der Waals surface area (Å²) in [4.78, 5) is 16.8. The highest BCUT2D eigenvalue weighted by atomic mass is 16.4. The van der Waals surface area contributed by atoms with Gasteiger partial charge >= 0.3 is 5.97 Å². The van der Waals surface area contributed by atoms with Crippen LogP contribution in [0.2, 0.25) is 0 Å². The van der Waals surface area contributed by atoms with Crippen molar-refractivity contribution in [2.75, 3.05) is 13.6 Å². The number of imidazole rings is 1. The van der Waals surface area contributed by atoms with E-state index in [1.54, 1.807) is 11.9 Å². The van der Waals surface area contributed by atoms with E-state index >= 15 is 0 Å². The first-order chi connectivity index (χ1) is 8.47. The zero-order valence-corrected chi connectivity index (χ0v) is 10.8. The molecule has 2 aromatic rings. The van der Waals surface area contributed by atoms with Gasteiger partial charge in [-0.15, -0.1) is 0 Å². The maximum atomic E-state index is 10.6. The molecule has 5 nitrogen and oxygen atoms in total. The Labute approximate surface area is 106 Å². The molecule has 1 aromatic carbocycles. The van der Waals surface area contributed by atoms with Gasteiger partial charge in [0.2, 0.25) is 0 Å². The number of nitrogens with zero attached hydrogens (tertiary/aromatic N) is 3. The van der Waals surface area contributed by atoms with Gasteiger partial charge in [-0.3, -0.25) is 9.69 Å². The molecule has 0 aliphatic carbocycles. The van der Waals surface area contributed by atoms with Crippen LogP contribution in [0.5, 0.6) is 0 Å². The van der Waals surface area contributed by atoms with E-state index in [0.717, 1.165) is 22.4 Å². The molecule has 1 N–H and O–H groups in total. The molecule has 0 spiro atoms. The summed E-state index contributed by atoms with van der Waals surface area (Å²) in [7, 11) is 3.78. The van der Waals surface area contributed by atoms with Crippen LogP contribution in [0.1, 0.15) is 11.4 Å². The number of benzene rings is 1. The quantitative estimate of drug-likeness (QED) is 0.887. The second-order valence-electron chi connectivity index (χ2n) is 4.61. The molecule has 96 valence electrons. The molecule has 0 radical (unpaired) electrons. The lowest BCUT2D eigenvalue weighted by Crippen LogP contribution is -2.25. The average Bonchev–Trinajstić information content (AvgIpc) is 2.53. The van der Waals surface area contributed by atoms with Gasteiger partial charge in [-0.05, 0) is 31.7 Å². The van der Waals surface area contributed by atoms with Crippen LogP contribution < -0.4 is 0 Å². The first-order valence-electron chi connectivity index (χ1n) is 5.79. The molecule has 0 atom stereocenters. The largest absolute Gasteiger partial charge is 0.480 e. The van der Waals surface area contributed by atoms with Crippen LogP contribution in [-0.2, 0) is 18.4 Å². The van der Waals surface area contributed by atoms with Crippen LogP contribution in [0, 0.1) is 6.92 Å². The lowest BCUT2D eigenvalue weighted by Gasteiger charge is -2.13. The van der Waals surface area contributed by atoms with Crippen molar-refractivity contribution >= 4 is 17.0 Å². The van der Waals surface area contributed by atoms with E-state index in [-0.39, 0.29) is 6.54 Å². The Morgan fingerprint density at radius 2 is 2.22 bits per heavy atom. The number of likely N-dealkylation sites (N-methyl/N-ethyl adjacent to an activating group) is 1. The molecule has 0 saturated carbocycles. The van der Waals surface area contributed by atoms with E-state index in [0.29, 0.717) is 6.54 Å². The Morgan fingerprint density at radius 3 is 2.89 bits per heavy atom. The van der Waals surface area contributed by atoms with Crippen molar-refractivity contribution < 1.29 is 9.90 Å². The summed E-state index contributed by atoms with van der Waals surface area (Å²) in [5, 5.41) is 8.72. The summed E-state index contributed by atoms with van der Waals surface area (Å²) in [5.41, 5.74) is 3.12. The fraction of sp³-hybridized carbons (Fsp3) is 0.385. The van der Waals surface area contributed by atoms with Crippen LogP contribution in [0.25, 0.3) is 11.0 Å². The smallest absolute Gasteiger partial charge is 0.317 e. The number of hydrogen-bond acceptors (Lipinski definition) is 3. The van der Waals surface area contributed by atoms with E-state index in [1.807, 2.05) is 36.7 Å². The van der Waals surface area contributed by atoms with Crippen molar-refractivity contribution in [3.63, 3.8) is 0 Å². The van der Waals surface area contributed by atoms with E-state index in [1.165, 1.54) is 0 Å². The number of fused-ring (bicyclic) bond motifs is 1. The average molecular weight is 247 g/mol. The second kappa shape index (κ2) is 4.78. The molecule has 2 rings (SSSR count). The maximum absolute atomic E-state index is 10.6. The van der Waals surface area contributed by atoms with Crippen molar-refractivity contribution in [1.29, 1.82) is 0 Å². The fourth-order valence-corrected chi connectivity index (χ4v) is 2.06. The molecule has 18 heavy (non-hydrogen) atoms. The first-order valence-corrected chi connectivity index (χ1v) is 5.79. The molecule has 0 fully saturated rings. The number of carboxylic acids is 1. The number of aromatic nitrogens is 2. The van der Waals surface area contributed by atoms with Crippen LogP contribution in [0.3, 0.4) is 0 Å². The highest BCUT2D eigenvalue weighted by Gasteiger charge is 2.08. The SMILES string of the molecule is Cc1nc2cc(CN(C)CC(=O)O)ccc2n1C. The summed E-state index contributed by atoms with van der Waals surface area (Å²) in [6.07, 6.45) is 0. The van der Waals surface area contributed by atoms with Crippen molar-refractivity contribution in [3.8, 4) is 0 Å². The van der Waals surface area contributed by atoms with Gasteiger partial charge in [0.15, 0.2) is 0 Å². The summed E-state index contributed by atoms with van der Waals surface area (Å²) in [6.45, 7) is 2.62. The zero-order chi connectivity index (χ0) is 13.3. The Morgan fingerprint density at radius 1 is 1.50 bits per heavy atom. The zero-order valence-electron chi connectivity index (χ0n) is 10.8. The topological polar surface area (TPSA) is 58.4 Å². The molecule has 0 amide bonds. The van der Waals surface area contributed by atoms with Gasteiger partial charge in [0.1, 0.15) is 5.82 Å². The molecule has 0 aliphatic rings. The second-order valence-corrected chi connectivity index (χ2v) is 4.61. The number of carboxylic acid groups (broad SMARTS) is 1. The lowest BCUT2D eigenvalue weighted by atomic mass is 10.2. The Kier molecular flexibility index (Phi) is 3.34. The molecule has 0 aliphatic heterocycles. The molecule has 0 bridgehead atoms. The van der Waals surface area contributed by atoms with Crippen LogP contribution in [-0.4, -0.2) is 39.1 Å². The van der Waals surface area contributed by atoms with Crippen molar-refractivity contribution in [2.45, 2.75) is 13.5 Å². The van der Waals surface area contributed by atoms with E-state index in [4.69, 9.17) is 5.11 Å². The number of rotatable bonds is 4. The number of hydrogen-bond donors (Lipinski definition) is 1. The normalized spacial score (nSPS) is 11.3. The van der Waals surface area contributed by atoms with Gasteiger partial charge in [0, 0.05) is 13.6 Å². The summed E-state index contributed by atoms with van der Waals surface area (Å²) in [6, 6.07) is 6.06. The Balaban J connectivity index is 2.22. The van der Waals surface area contributed by atoms with Crippen molar-refractivity contribution in [3.05, 3.63) is 29.6 Å². The molecule has 5 heteroatoms. The monoisotopic (exact) mass is 247 g/mol. The molecule has 1 heterocycles. The molecule has 1 aromatic heterocycles. The number of aliphatic carboxylic acids is 1. The van der Waals surface area contributed by atoms with Gasteiger partial charge in [-0.1, -0.05) is 6.07 Å². The Hall–Kier alpha value is -1.88. The third kappa shape index (κ3) is 2.51. The predicted molar refractivity (Wildman–Crippen MR) is 69.4 cm³/mol. The first kappa shape index (κ1) is 12.6. The van der Waals surface area contributed by atoms with Gasteiger partial charge < -0.3 is 9.67 Å². The minimum atomic E-state index is -0.813. The standard InChI is InChI=1S/C13H17N3O2/c1-9-14-11-6-10(4-5-12(11)16(9)3)7-15(2)8-13(17)18/h4-6H,7-8H2,1-3H3,(H,17,18). The maximum Gasteiger partial charge on any atom is 0.317 e. The van der Waals surface area contributed by atoms with Gasteiger partial charge in [-0.2, -0.15) is 0 Å². The number of aryl methyl sites for hydroxylation is 2. The minimum absolute atomic E-state index is 0.0410. The summed E-state index contributed by atoms with van der Waals surface area (Å²) < 4.78 is 2.04. The Bertz CT molecular complexity index is 589. The van der Waals surface area contributed by atoms with Crippen LogP contribution >= 0.6 is 0 Å². The molecular formula is C13H17N3O2. The summed E-state index contributed by atoms with van der Waals surface area (Å²) in [5.74, 6) is 0.160. The van der Waals surface area contributed by atoms with Gasteiger partial charge in [0.25, 0.3) is 0 Å². The lowest BCUT2D eigenvalue weighted by molar-refractivity contribution is -0.138.